The van der Waals surface area contributed by atoms with Crippen molar-refractivity contribution < 1.29 is 24.0 Å². The Morgan fingerprint density at radius 3 is 2.77 bits per heavy atom. The van der Waals surface area contributed by atoms with Gasteiger partial charge in [0, 0.05) is 6.07 Å². The summed E-state index contributed by atoms with van der Waals surface area (Å²) < 4.78 is 10.5. The van der Waals surface area contributed by atoms with Crippen LogP contribution < -0.4 is 14.9 Å². The van der Waals surface area contributed by atoms with Crippen molar-refractivity contribution in [3.63, 3.8) is 0 Å². The molecular weight excluding hydrogens is 422 g/mol. The molecule has 158 valence electrons. The summed E-state index contributed by atoms with van der Waals surface area (Å²) in [6, 6.07) is 14.5. The van der Waals surface area contributed by atoms with E-state index in [9.17, 15) is 19.7 Å². The Hall–Kier alpha value is -4.05. The van der Waals surface area contributed by atoms with Crippen molar-refractivity contribution in [2.24, 2.45) is 5.10 Å². The molecule has 0 radical (unpaired) electrons. The number of carbonyl (C=O) groups is 2. The molecule has 10 heteroatoms. The standard InChI is InChI=1S/C21H17N3O6S/c1-14-7-8-18(17(10-14)24(27)28)29-13-20(25)23-22-12-15-4-2-5-16(11-15)30-21(26)19-6-3-9-31-19/h2-12H,13H2,1H3,(H,23,25)/b22-12-. The predicted octanol–water partition coefficient (Wildman–Crippen LogP) is 3.71. The number of thiophene rings is 1. The molecular formula is C21H17N3O6S. The lowest BCUT2D eigenvalue weighted by molar-refractivity contribution is -0.385. The van der Waals surface area contributed by atoms with Crippen molar-refractivity contribution in [2.75, 3.05) is 6.61 Å². The Labute approximate surface area is 181 Å². The summed E-state index contributed by atoms with van der Waals surface area (Å²) >= 11 is 1.28. The van der Waals surface area contributed by atoms with E-state index in [4.69, 9.17) is 9.47 Å². The van der Waals surface area contributed by atoms with Crippen LogP contribution in [0, 0.1) is 17.0 Å². The van der Waals surface area contributed by atoms with Gasteiger partial charge in [0.2, 0.25) is 0 Å². The van der Waals surface area contributed by atoms with E-state index >= 15 is 0 Å². The van der Waals surface area contributed by atoms with Gasteiger partial charge in [-0.3, -0.25) is 14.9 Å². The fraction of sp³-hybridized carbons (Fsp3) is 0.0952. The van der Waals surface area contributed by atoms with Crippen LogP contribution in [0.3, 0.4) is 0 Å². The summed E-state index contributed by atoms with van der Waals surface area (Å²) in [5.74, 6) is -0.718. The van der Waals surface area contributed by atoms with Gasteiger partial charge >= 0.3 is 11.7 Å². The van der Waals surface area contributed by atoms with Crippen molar-refractivity contribution in [2.45, 2.75) is 6.92 Å². The lowest BCUT2D eigenvalue weighted by atomic mass is 10.2. The molecule has 1 heterocycles. The fourth-order valence-electron chi connectivity index (χ4n) is 2.46. The lowest BCUT2D eigenvalue weighted by Gasteiger charge is -2.06. The second-order valence-corrected chi connectivity index (χ2v) is 7.20. The van der Waals surface area contributed by atoms with Crippen molar-refractivity contribution in [1.82, 2.24) is 5.43 Å². The number of ether oxygens (including phenoxy) is 2. The van der Waals surface area contributed by atoms with E-state index in [2.05, 4.69) is 10.5 Å². The number of hydrazone groups is 1. The minimum atomic E-state index is -0.591. The molecule has 1 N–H and O–H groups in total. The molecule has 0 bridgehead atoms. The Balaban J connectivity index is 1.53. The van der Waals surface area contributed by atoms with Gasteiger partial charge in [0.25, 0.3) is 5.91 Å². The van der Waals surface area contributed by atoms with E-state index in [0.717, 1.165) is 0 Å². The Bertz CT molecular complexity index is 1130. The van der Waals surface area contributed by atoms with Gasteiger partial charge in [-0.15, -0.1) is 11.3 Å². The zero-order valence-corrected chi connectivity index (χ0v) is 17.1. The Kier molecular flexibility index (Phi) is 7.07. The van der Waals surface area contributed by atoms with Crippen molar-refractivity contribution in [3.8, 4) is 11.5 Å². The van der Waals surface area contributed by atoms with Crippen LogP contribution in [0.2, 0.25) is 0 Å². The van der Waals surface area contributed by atoms with Gasteiger partial charge in [0.1, 0.15) is 10.6 Å². The number of rotatable bonds is 8. The molecule has 2 aromatic carbocycles. The number of benzene rings is 2. The third kappa shape index (κ3) is 6.21. The average molecular weight is 439 g/mol. The first-order valence-electron chi connectivity index (χ1n) is 8.98. The number of esters is 1. The van der Waals surface area contributed by atoms with Crippen LogP contribution in [-0.2, 0) is 4.79 Å². The molecule has 9 nitrogen and oxygen atoms in total. The predicted molar refractivity (Wildman–Crippen MR) is 115 cm³/mol. The zero-order chi connectivity index (χ0) is 22.2. The number of aryl methyl sites for hydroxylation is 1. The maximum atomic E-state index is 12.0. The molecule has 0 saturated heterocycles. The highest BCUT2D eigenvalue weighted by atomic mass is 32.1. The van der Waals surface area contributed by atoms with Gasteiger partial charge < -0.3 is 9.47 Å². The second-order valence-electron chi connectivity index (χ2n) is 6.25. The minimum absolute atomic E-state index is 0.00464. The highest BCUT2D eigenvalue weighted by molar-refractivity contribution is 7.12. The quantitative estimate of drug-likeness (QED) is 0.188. The summed E-state index contributed by atoms with van der Waals surface area (Å²) in [6.07, 6.45) is 1.37. The molecule has 0 atom stereocenters. The molecule has 0 fully saturated rings. The van der Waals surface area contributed by atoms with E-state index in [1.807, 2.05) is 0 Å². The number of nitrogens with zero attached hydrogens (tertiary/aromatic N) is 2. The summed E-state index contributed by atoms with van der Waals surface area (Å²) in [4.78, 5) is 34.9. The van der Waals surface area contributed by atoms with Gasteiger partial charge in [0.05, 0.1) is 11.1 Å². The average Bonchev–Trinajstić information content (AvgIpc) is 3.28. The molecule has 1 aromatic heterocycles. The smallest absolute Gasteiger partial charge is 0.353 e. The molecule has 31 heavy (non-hydrogen) atoms. The second kappa shape index (κ2) is 10.1. The molecule has 3 rings (SSSR count). The number of amides is 1. The van der Waals surface area contributed by atoms with Gasteiger partial charge in [-0.25, -0.2) is 10.2 Å². The molecule has 0 aliphatic heterocycles. The summed E-state index contributed by atoms with van der Waals surface area (Å²) in [5.41, 5.74) is 3.35. The third-order valence-corrected chi connectivity index (χ3v) is 4.71. The molecule has 0 aliphatic rings. The van der Waals surface area contributed by atoms with E-state index in [0.29, 0.717) is 21.8 Å². The largest absolute Gasteiger partial charge is 0.477 e. The first kappa shape index (κ1) is 21.7. The van der Waals surface area contributed by atoms with Crippen LogP contribution in [0.5, 0.6) is 11.5 Å². The van der Waals surface area contributed by atoms with Crippen LogP contribution in [0.25, 0.3) is 0 Å². The number of carbonyl (C=O) groups excluding carboxylic acids is 2. The van der Waals surface area contributed by atoms with Gasteiger partial charge in [-0.1, -0.05) is 24.3 Å². The summed E-state index contributed by atoms with van der Waals surface area (Å²) in [6.45, 7) is 1.27. The van der Waals surface area contributed by atoms with E-state index in [1.54, 1.807) is 54.8 Å². The summed E-state index contributed by atoms with van der Waals surface area (Å²) in [5, 5.41) is 16.7. The Morgan fingerprint density at radius 2 is 2.03 bits per heavy atom. The van der Waals surface area contributed by atoms with E-state index in [1.165, 1.54) is 29.7 Å². The topological polar surface area (TPSA) is 120 Å². The number of hydrogen-bond donors (Lipinski definition) is 1. The van der Waals surface area contributed by atoms with Gasteiger partial charge in [-0.05, 0) is 47.7 Å². The lowest BCUT2D eigenvalue weighted by Crippen LogP contribution is -2.24. The molecule has 0 aliphatic carbocycles. The van der Waals surface area contributed by atoms with E-state index in [-0.39, 0.29) is 11.4 Å². The maximum Gasteiger partial charge on any atom is 0.353 e. The van der Waals surface area contributed by atoms with Crippen molar-refractivity contribution >= 4 is 35.1 Å². The van der Waals surface area contributed by atoms with Crippen molar-refractivity contribution in [1.29, 1.82) is 0 Å². The first-order chi connectivity index (χ1) is 14.9. The van der Waals surface area contributed by atoms with Crippen LogP contribution >= 0.6 is 11.3 Å². The molecule has 0 unspecified atom stereocenters. The van der Waals surface area contributed by atoms with Crippen LogP contribution in [0.1, 0.15) is 20.8 Å². The summed E-state index contributed by atoms with van der Waals surface area (Å²) in [7, 11) is 0. The number of hydrogen-bond acceptors (Lipinski definition) is 8. The molecule has 0 spiro atoms. The monoisotopic (exact) mass is 439 g/mol. The van der Waals surface area contributed by atoms with Gasteiger partial charge in [0.15, 0.2) is 12.4 Å². The van der Waals surface area contributed by atoms with E-state index < -0.39 is 23.4 Å². The fourth-order valence-corrected chi connectivity index (χ4v) is 3.06. The first-order valence-corrected chi connectivity index (χ1v) is 9.86. The zero-order valence-electron chi connectivity index (χ0n) is 16.3. The molecule has 0 saturated carbocycles. The molecule has 3 aromatic rings. The number of nitrogens with one attached hydrogen (secondary N) is 1. The number of nitro groups is 1. The Morgan fingerprint density at radius 1 is 1.19 bits per heavy atom. The number of nitro benzene ring substituents is 1. The van der Waals surface area contributed by atoms with Crippen LogP contribution in [-0.4, -0.2) is 29.6 Å². The highest BCUT2D eigenvalue weighted by Crippen LogP contribution is 2.27. The SMILES string of the molecule is Cc1ccc(OCC(=O)N/N=C\c2cccc(OC(=O)c3cccs3)c2)c([N+](=O)[O-])c1. The minimum Gasteiger partial charge on any atom is -0.477 e. The van der Waals surface area contributed by atoms with Crippen LogP contribution in [0.15, 0.2) is 65.1 Å². The van der Waals surface area contributed by atoms with Crippen molar-refractivity contribution in [3.05, 3.63) is 86.1 Å². The molecule has 1 amide bonds. The highest BCUT2D eigenvalue weighted by Gasteiger charge is 2.16. The maximum absolute atomic E-state index is 12.0. The normalized spacial score (nSPS) is 10.6. The van der Waals surface area contributed by atoms with Crippen LogP contribution in [0.4, 0.5) is 5.69 Å². The van der Waals surface area contributed by atoms with Gasteiger partial charge in [-0.2, -0.15) is 5.10 Å². The third-order valence-electron chi connectivity index (χ3n) is 3.86.